The molecular weight excluding hydrogens is 348 g/mol. The van der Waals surface area contributed by atoms with Gasteiger partial charge < -0.3 is 15.0 Å². The molecule has 2 saturated heterocycles. The number of piperidine rings is 1. The monoisotopic (exact) mass is 376 g/mol. The minimum absolute atomic E-state index is 0.186. The van der Waals surface area contributed by atoms with E-state index in [1.807, 2.05) is 36.5 Å². The maximum absolute atomic E-state index is 10.3. The third-order valence-corrected chi connectivity index (χ3v) is 6.39. The third-order valence-electron chi connectivity index (χ3n) is 6.39. The van der Waals surface area contributed by atoms with Crippen LogP contribution in [0.2, 0.25) is 0 Å². The number of aromatic nitrogens is 2. The Kier molecular flexibility index (Phi) is 4.79. The van der Waals surface area contributed by atoms with E-state index in [4.69, 9.17) is 0 Å². The van der Waals surface area contributed by atoms with Crippen molar-refractivity contribution in [1.82, 2.24) is 19.8 Å². The number of hydrogen-bond donors (Lipinski definition) is 2. The highest BCUT2D eigenvalue weighted by Crippen LogP contribution is 2.35. The topological polar surface area (TPSA) is 55.4 Å². The number of hydrogen-bond acceptors (Lipinski definition) is 4. The standard InChI is InChI=1S/C23H28N4O/c28-23-22(19-5-1-2-6-20(19)25-23)21-8-7-17(15-24-21)16-26-13-9-18(10-14-26)27-11-3-4-12-27/h1-2,5-8,15,18,25,28H,3-4,9-14,16H2. The van der Waals surface area contributed by atoms with Gasteiger partial charge in [-0.05, 0) is 69.6 Å². The Balaban J connectivity index is 1.25. The summed E-state index contributed by atoms with van der Waals surface area (Å²) in [5, 5.41) is 11.3. The zero-order valence-corrected chi connectivity index (χ0v) is 16.3. The minimum Gasteiger partial charge on any atom is -0.494 e. The van der Waals surface area contributed by atoms with E-state index in [-0.39, 0.29) is 5.88 Å². The molecule has 0 bridgehead atoms. The van der Waals surface area contributed by atoms with Crippen molar-refractivity contribution in [3.63, 3.8) is 0 Å². The van der Waals surface area contributed by atoms with Gasteiger partial charge >= 0.3 is 0 Å². The summed E-state index contributed by atoms with van der Waals surface area (Å²) in [7, 11) is 0. The predicted molar refractivity (Wildman–Crippen MR) is 112 cm³/mol. The first-order chi connectivity index (χ1) is 13.8. The second-order valence-corrected chi connectivity index (χ2v) is 8.20. The average Bonchev–Trinajstić information content (AvgIpc) is 3.37. The van der Waals surface area contributed by atoms with Gasteiger partial charge in [-0.2, -0.15) is 0 Å². The smallest absolute Gasteiger partial charge is 0.199 e. The largest absolute Gasteiger partial charge is 0.494 e. The molecule has 28 heavy (non-hydrogen) atoms. The zero-order valence-electron chi connectivity index (χ0n) is 16.3. The molecular formula is C23H28N4O. The van der Waals surface area contributed by atoms with Crippen LogP contribution in [0.25, 0.3) is 22.2 Å². The number of para-hydroxylation sites is 1. The molecule has 0 atom stereocenters. The number of fused-ring (bicyclic) bond motifs is 1. The summed E-state index contributed by atoms with van der Waals surface area (Å²) in [4.78, 5) is 12.9. The van der Waals surface area contributed by atoms with Crippen LogP contribution in [0.15, 0.2) is 42.6 Å². The first-order valence-electron chi connectivity index (χ1n) is 10.5. The van der Waals surface area contributed by atoms with Crippen LogP contribution in [0.1, 0.15) is 31.2 Å². The normalized spacial score (nSPS) is 19.6. The van der Waals surface area contributed by atoms with Crippen LogP contribution in [0, 0.1) is 0 Å². The van der Waals surface area contributed by atoms with Gasteiger partial charge in [-0.25, -0.2) is 0 Å². The lowest BCUT2D eigenvalue weighted by Gasteiger charge is -2.36. The molecule has 2 N–H and O–H groups in total. The molecule has 5 nitrogen and oxygen atoms in total. The number of benzene rings is 1. The Morgan fingerprint density at radius 1 is 1.00 bits per heavy atom. The Hall–Kier alpha value is -2.37. The van der Waals surface area contributed by atoms with E-state index in [1.54, 1.807) is 0 Å². The van der Waals surface area contributed by atoms with Gasteiger partial charge in [-0.1, -0.05) is 24.3 Å². The predicted octanol–water partition coefficient (Wildman–Crippen LogP) is 4.00. The molecule has 1 aromatic carbocycles. The Bertz CT molecular complexity index is 935. The van der Waals surface area contributed by atoms with Gasteiger partial charge in [0.1, 0.15) is 0 Å². The van der Waals surface area contributed by atoms with Crippen molar-refractivity contribution in [1.29, 1.82) is 0 Å². The number of nitrogens with one attached hydrogen (secondary N) is 1. The summed E-state index contributed by atoms with van der Waals surface area (Å²) in [5.41, 5.74) is 3.77. The van der Waals surface area contributed by atoms with Crippen LogP contribution >= 0.6 is 0 Å². The third kappa shape index (κ3) is 3.40. The van der Waals surface area contributed by atoms with Crippen molar-refractivity contribution in [3.05, 3.63) is 48.2 Å². The highest BCUT2D eigenvalue weighted by molar-refractivity contribution is 5.97. The van der Waals surface area contributed by atoms with Crippen LogP contribution < -0.4 is 0 Å². The van der Waals surface area contributed by atoms with E-state index in [2.05, 4.69) is 25.8 Å². The van der Waals surface area contributed by atoms with Crippen LogP contribution in [0.3, 0.4) is 0 Å². The zero-order chi connectivity index (χ0) is 18.9. The fourth-order valence-corrected chi connectivity index (χ4v) is 4.86. The average molecular weight is 377 g/mol. The number of likely N-dealkylation sites (tertiary alicyclic amines) is 2. The van der Waals surface area contributed by atoms with Crippen molar-refractivity contribution in [3.8, 4) is 17.1 Å². The summed E-state index contributed by atoms with van der Waals surface area (Å²) in [5.74, 6) is 0.186. The summed E-state index contributed by atoms with van der Waals surface area (Å²) < 4.78 is 0. The van der Waals surface area contributed by atoms with E-state index < -0.39 is 0 Å². The second kappa shape index (κ2) is 7.57. The number of pyridine rings is 1. The van der Waals surface area contributed by atoms with Gasteiger partial charge in [0.2, 0.25) is 0 Å². The number of H-pyrrole nitrogens is 1. The van der Waals surface area contributed by atoms with Crippen molar-refractivity contribution < 1.29 is 5.11 Å². The van der Waals surface area contributed by atoms with Crippen molar-refractivity contribution in [2.75, 3.05) is 26.2 Å². The number of aromatic hydroxyl groups is 1. The van der Waals surface area contributed by atoms with Crippen molar-refractivity contribution in [2.45, 2.75) is 38.3 Å². The molecule has 0 spiro atoms. The molecule has 2 fully saturated rings. The Labute approximate surface area is 166 Å². The molecule has 3 aromatic rings. The molecule has 0 unspecified atom stereocenters. The van der Waals surface area contributed by atoms with Crippen LogP contribution in [-0.2, 0) is 6.54 Å². The highest BCUT2D eigenvalue weighted by Gasteiger charge is 2.26. The number of aromatic amines is 1. The Morgan fingerprint density at radius 3 is 2.54 bits per heavy atom. The maximum Gasteiger partial charge on any atom is 0.199 e. The summed E-state index contributed by atoms with van der Waals surface area (Å²) in [6.45, 7) is 5.91. The van der Waals surface area contributed by atoms with Gasteiger partial charge in [0, 0.05) is 29.7 Å². The van der Waals surface area contributed by atoms with Gasteiger partial charge in [0.15, 0.2) is 5.88 Å². The highest BCUT2D eigenvalue weighted by atomic mass is 16.3. The molecule has 0 radical (unpaired) electrons. The summed E-state index contributed by atoms with van der Waals surface area (Å²) in [6, 6.07) is 12.9. The second-order valence-electron chi connectivity index (χ2n) is 8.20. The van der Waals surface area contributed by atoms with Crippen molar-refractivity contribution in [2.24, 2.45) is 0 Å². The molecule has 5 rings (SSSR count). The number of rotatable bonds is 4. The van der Waals surface area contributed by atoms with Gasteiger partial charge in [-0.3, -0.25) is 9.88 Å². The van der Waals surface area contributed by atoms with E-state index >= 15 is 0 Å². The van der Waals surface area contributed by atoms with E-state index in [9.17, 15) is 5.11 Å². The lowest BCUT2D eigenvalue weighted by atomic mass is 10.0. The summed E-state index contributed by atoms with van der Waals surface area (Å²) >= 11 is 0. The van der Waals surface area contributed by atoms with Gasteiger partial charge in [0.25, 0.3) is 0 Å². The molecule has 146 valence electrons. The van der Waals surface area contributed by atoms with Crippen molar-refractivity contribution >= 4 is 10.9 Å². The molecule has 0 amide bonds. The molecule has 0 aliphatic carbocycles. The molecule has 2 aliphatic rings. The van der Waals surface area contributed by atoms with E-state index in [1.165, 1.54) is 57.4 Å². The maximum atomic E-state index is 10.3. The van der Waals surface area contributed by atoms with Gasteiger partial charge in [-0.15, -0.1) is 0 Å². The Morgan fingerprint density at radius 2 is 1.79 bits per heavy atom. The fraction of sp³-hybridized carbons (Fsp3) is 0.435. The van der Waals surface area contributed by atoms with E-state index in [0.717, 1.165) is 34.7 Å². The lowest BCUT2D eigenvalue weighted by Crippen LogP contribution is -2.43. The van der Waals surface area contributed by atoms with Crippen LogP contribution in [-0.4, -0.2) is 57.1 Å². The first kappa shape index (κ1) is 17.7. The lowest BCUT2D eigenvalue weighted by molar-refractivity contribution is 0.122. The molecule has 2 aliphatic heterocycles. The number of nitrogens with zero attached hydrogens (tertiary/aromatic N) is 3. The quantitative estimate of drug-likeness (QED) is 0.723. The molecule has 4 heterocycles. The molecule has 2 aromatic heterocycles. The van der Waals surface area contributed by atoms with Crippen LogP contribution in [0.4, 0.5) is 0 Å². The molecule has 5 heteroatoms. The SMILES string of the molecule is Oc1[nH]c2ccccc2c1-c1ccc(CN2CCC(N3CCCC3)CC2)cn1. The minimum atomic E-state index is 0.186. The molecule has 0 saturated carbocycles. The first-order valence-corrected chi connectivity index (χ1v) is 10.5. The van der Waals surface area contributed by atoms with E-state index in [0.29, 0.717) is 0 Å². The fourth-order valence-electron chi connectivity index (χ4n) is 4.86. The van der Waals surface area contributed by atoms with Crippen LogP contribution in [0.5, 0.6) is 5.88 Å². The summed E-state index contributed by atoms with van der Waals surface area (Å²) in [6.07, 6.45) is 7.29. The van der Waals surface area contributed by atoms with Gasteiger partial charge in [0.05, 0.1) is 11.3 Å².